The van der Waals surface area contributed by atoms with Gasteiger partial charge in [-0.2, -0.15) is 0 Å². The number of nitrogens with two attached hydrogens (primary N) is 1. The molecule has 0 radical (unpaired) electrons. The van der Waals surface area contributed by atoms with Crippen LogP contribution in [0.1, 0.15) is 28.2 Å². The monoisotopic (exact) mass is 476 g/mol. The number of ether oxygens (including phenoxy) is 1. The largest absolute Gasteiger partial charge is 0.495 e. The average molecular weight is 477 g/mol. The van der Waals surface area contributed by atoms with E-state index >= 15 is 0 Å². The van der Waals surface area contributed by atoms with Crippen molar-refractivity contribution in [3.05, 3.63) is 60.1 Å². The first-order valence-corrected chi connectivity index (χ1v) is 11.3. The Kier molecular flexibility index (Phi) is 7.22. The molecule has 0 bridgehead atoms. The Labute approximate surface area is 204 Å². The molecule has 1 aromatic carbocycles. The summed E-state index contributed by atoms with van der Waals surface area (Å²) in [5, 5.41) is 6.52. The van der Waals surface area contributed by atoms with Crippen molar-refractivity contribution in [3.63, 3.8) is 0 Å². The fourth-order valence-electron chi connectivity index (χ4n) is 4.16. The van der Waals surface area contributed by atoms with Gasteiger partial charge >= 0.3 is 0 Å². The van der Waals surface area contributed by atoms with Crippen LogP contribution in [-0.2, 0) is 0 Å². The predicted octanol–water partition coefficient (Wildman–Crippen LogP) is 3.00. The molecule has 1 aliphatic rings. The van der Waals surface area contributed by atoms with Crippen LogP contribution >= 0.6 is 0 Å². The van der Waals surface area contributed by atoms with E-state index in [0.29, 0.717) is 41.4 Å². The van der Waals surface area contributed by atoms with Gasteiger partial charge < -0.3 is 26.0 Å². The lowest BCUT2D eigenvalue weighted by Gasteiger charge is -2.33. The number of halogens is 1. The topological polar surface area (TPSA) is 96.9 Å². The zero-order valence-corrected chi connectivity index (χ0v) is 19.8. The number of piperidine rings is 1. The van der Waals surface area contributed by atoms with Gasteiger partial charge in [-0.15, -0.1) is 0 Å². The Morgan fingerprint density at radius 3 is 2.94 bits per heavy atom. The highest BCUT2D eigenvalue weighted by molar-refractivity contribution is 5.94. The average Bonchev–Trinajstić information content (AvgIpc) is 3.21. The van der Waals surface area contributed by atoms with Crippen LogP contribution in [0.4, 0.5) is 15.8 Å². The van der Waals surface area contributed by atoms with Gasteiger partial charge in [-0.05, 0) is 55.8 Å². The van der Waals surface area contributed by atoms with Gasteiger partial charge in [0.05, 0.1) is 36.8 Å². The third kappa shape index (κ3) is 5.23. The van der Waals surface area contributed by atoms with Crippen LogP contribution in [0.2, 0.25) is 0 Å². The van der Waals surface area contributed by atoms with Crippen molar-refractivity contribution in [3.8, 4) is 17.6 Å². The number of benzene rings is 1. The van der Waals surface area contributed by atoms with E-state index in [9.17, 15) is 9.18 Å². The summed E-state index contributed by atoms with van der Waals surface area (Å²) in [6, 6.07) is 8.46. The maximum Gasteiger partial charge on any atom is 0.248 e. The molecule has 9 heteroatoms. The highest BCUT2D eigenvalue weighted by atomic mass is 19.1. The first-order chi connectivity index (χ1) is 16.9. The summed E-state index contributed by atoms with van der Waals surface area (Å²) >= 11 is 0. The lowest BCUT2D eigenvalue weighted by molar-refractivity contribution is 0.1000. The number of rotatable bonds is 7. The number of methoxy groups -OCH3 is 1. The summed E-state index contributed by atoms with van der Waals surface area (Å²) in [6.07, 6.45) is 3.36. The van der Waals surface area contributed by atoms with Crippen LogP contribution in [0.25, 0.3) is 11.7 Å². The van der Waals surface area contributed by atoms with Crippen molar-refractivity contribution in [1.82, 2.24) is 14.3 Å². The number of pyridine rings is 1. The summed E-state index contributed by atoms with van der Waals surface area (Å²) in [4.78, 5) is 18.1. The number of aromatic nitrogens is 2. The molecule has 0 saturated carbocycles. The van der Waals surface area contributed by atoms with Crippen LogP contribution in [-0.4, -0.2) is 66.2 Å². The Bertz CT molecular complexity index is 1310. The molecule has 1 aliphatic heterocycles. The SMILES string of the molecule is C=Cc1c(C#CCNc2ccc(C(N)=O)cc2OC)nc2c(N[C@@H]3CCN(C)C[C@@H]3F)cccn12. The number of fused-ring (bicyclic) bond motifs is 1. The summed E-state index contributed by atoms with van der Waals surface area (Å²) < 4.78 is 21.8. The number of anilines is 2. The number of alkyl halides is 1. The first kappa shape index (κ1) is 24.1. The number of nitrogens with one attached hydrogen (secondary N) is 2. The zero-order valence-electron chi connectivity index (χ0n) is 19.8. The Hall–Kier alpha value is -4.03. The molecule has 35 heavy (non-hydrogen) atoms. The van der Waals surface area contributed by atoms with Crippen molar-refractivity contribution in [1.29, 1.82) is 0 Å². The summed E-state index contributed by atoms with van der Waals surface area (Å²) in [7, 11) is 3.45. The molecule has 1 fully saturated rings. The van der Waals surface area contributed by atoms with Gasteiger partial charge in [0.15, 0.2) is 5.65 Å². The highest BCUT2D eigenvalue weighted by Gasteiger charge is 2.28. The van der Waals surface area contributed by atoms with E-state index in [1.165, 1.54) is 7.11 Å². The molecular weight excluding hydrogens is 447 g/mol. The van der Waals surface area contributed by atoms with Crippen molar-refractivity contribution >= 4 is 29.0 Å². The number of amides is 1. The van der Waals surface area contributed by atoms with Crippen molar-refractivity contribution < 1.29 is 13.9 Å². The molecule has 1 saturated heterocycles. The molecule has 1 amide bonds. The van der Waals surface area contributed by atoms with Gasteiger partial charge in [0.2, 0.25) is 5.91 Å². The standard InChI is InChI=1S/C26H29FN6O2/c1-4-23-20(7-5-12-29-21-10-9-17(25(28)34)15-24(21)35-3)31-26-22(8-6-13-33(23)26)30-19-11-14-32(2)16-18(19)27/h4,6,8-10,13,15,18-19,29-30H,1,11-12,14,16H2,2-3H3,(H2,28,34)/t18-,19+/m0/s1. The molecule has 4 N–H and O–H groups in total. The second-order valence-electron chi connectivity index (χ2n) is 8.42. The van der Waals surface area contributed by atoms with E-state index < -0.39 is 12.1 Å². The minimum Gasteiger partial charge on any atom is -0.495 e. The third-order valence-corrected chi connectivity index (χ3v) is 6.03. The maximum absolute atomic E-state index is 14.6. The molecule has 3 heterocycles. The second-order valence-corrected chi connectivity index (χ2v) is 8.42. The van der Waals surface area contributed by atoms with Crippen LogP contribution in [0.15, 0.2) is 43.1 Å². The Balaban J connectivity index is 1.53. The van der Waals surface area contributed by atoms with Gasteiger partial charge in [-0.1, -0.05) is 12.5 Å². The molecule has 182 valence electrons. The second kappa shape index (κ2) is 10.5. The maximum atomic E-state index is 14.6. The molecule has 3 aromatic rings. The van der Waals surface area contributed by atoms with E-state index in [2.05, 4.69) is 29.1 Å². The van der Waals surface area contributed by atoms with Crippen LogP contribution < -0.4 is 21.1 Å². The molecule has 2 atom stereocenters. The van der Waals surface area contributed by atoms with E-state index in [0.717, 1.165) is 24.3 Å². The summed E-state index contributed by atoms with van der Waals surface area (Å²) in [6.45, 7) is 5.49. The number of carbonyl (C=O) groups excluding carboxylic acids is 1. The molecule has 8 nitrogen and oxygen atoms in total. The number of hydrogen-bond donors (Lipinski definition) is 3. The lowest BCUT2D eigenvalue weighted by Crippen LogP contribution is -2.46. The van der Waals surface area contributed by atoms with Crippen LogP contribution in [0, 0.1) is 11.8 Å². The number of carbonyl (C=O) groups is 1. The van der Waals surface area contributed by atoms with Gasteiger partial charge in [-0.3, -0.25) is 9.20 Å². The molecule has 0 unspecified atom stereocenters. The van der Waals surface area contributed by atoms with Gasteiger partial charge in [0.1, 0.15) is 17.6 Å². The molecule has 0 spiro atoms. The molecule has 4 rings (SSSR count). The number of likely N-dealkylation sites (tertiary alicyclic amines) is 1. The van der Waals surface area contributed by atoms with Gasteiger partial charge in [-0.25, -0.2) is 9.37 Å². The normalized spacial score (nSPS) is 17.9. The number of nitrogens with zero attached hydrogens (tertiary/aromatic N) is 3. The van der Waals surface area contributed by atoms with E-state index in [-0.39, 0.29) is 6.04 Å². The van der Waals surface area contributed by atoms with Gasteiger partial charge in [0.25, 0.3) is 0 Å². The first-order valence-electron chi connectivity index (χ1n) is 11.3. The van der Waals surface area contributed by atoms with Gasteiger partial charge in [0, 0.05) is 24.8 Å². The highest BCUT2D eigenvalue weighted by Crippen LogP contribution is 2.26. The Morgan fingerprint density at radius 2 is 2.23 bits per heavy atom. The smallest absolute Gasteiger partial charge is 0.248 e. The van der Waals surface area contributed by atoms with E-state index in [1.807, 2.05) is 34.7 Å². The van der Waals surface area contributed by atoms with E-state index in [4.69, 9.17) is 15.5 Å². The van der Waals surface area contributed by atoms with Crippen LogP contribution in [0.3, 0.4) is 0 Å². The molecular formula is C26H29FN6O2. The molecule has 0 aliphatic carbocycles. The fourth-order valence-corrected chi connectivity index (χ4v) is 4.16. The minimum absolute atomic E-state index is 0.268. The minimum atomic E-state index is -0.956. The van der Waals surface area contributed by atoms with E-state index in [1.54, 1.807) is 24.3 Å². The zero-order chi connectivity index (χ0) is 24.9. The van der Waals surface area contributed by atoms with Crippen molar-refractivity contribution in [2.75, 3.05) is 44.4 Å². The van der Waals surface area contributed by atoms with Crippen molar-refractivity contribution in [2.45, 2.75) is 18.6 Å². The predicted molar refractivity (Wildman–Crippen MR) is 137 cm³/mol. The van der Waals surface area contributed by atoms with Crippen LogP contribution in [0.5, 0.6) is 5.75 Å². The third-order valence-electron chi connectivity index (χ3n) is 6.03. The summed E-state index contributed by atoms with van der Waals surface area (Å²) in [5.74, 6) is 6.14. The lowest BCUT2D eigenvalue weighted by atomic mass is 10.0. The van der Waals surface area contributed by atoms with Crippen molar-refractivity contribution in [2.24, 2.45) is 5.73 Å². The fraction of sp³-hybridized carbons (Fsp3) is 0.308. The quantitative estimate of drug-likeness (QED) is 0.454. The summed E-state index contributed by atoms with van der Waals surface area (Å²) in [5.41, 5.74) is 9.16. The number of hydrogen-bond acceptors (Lipinski definition) is 6. The number of primary amides is 1. The molecule has 2 aromatic heterocycles. The Morgan fingerprint density at radius 1 is 1.40 bits per heavy atom. The number of imidazole rings is 1.